The molecule has 154 valence electrons. The largest absolute Gasteiger partial charge is 0.488 e. The minimum absolute atomic E-state index is 0.0981. The van der Waals surface area contributed by atoms with Gasteiger partial charge < -0.3 is 9.47 Å². The van der Waals surface area contributed by atoms with Gasteiger partial charge in [-0.2, -0.15) is 5.10 Å². The number of nitrogens with zero attached hydrogens (tertiary/aromatic N) is 2. The lowest BCUT2D eigenvalue weighted by molar-refractivity contribution is -0.135. The van der Waals surface area contributed by atoms with Crippen LogP contribution >= 0.6 is 11.8 Å². The smallest absolute Gasteiger partial charge is 0.331 e. The first-order chi connectivity index (χ1) is 14.5. The Hall–Kier alpha value is -3.53. The van der Waals surface area contributed by atoms with Crippen LogP contribution in [0.2, 0.25) is 0 Å². The highest BCUT2D eigenvalue weighted by molar-refractivity contribution is 8.18. The van der Waals surface area contributed by atoms with Gasteiger partial charge in [0, 0.05) is 23.3 Å². The Balaban J connectivity index is 1.72. The van der Waals surface area contributed by atoms with Crippen molar-refractivity contribution in [3.63, 3.8) is 0 Å². The van der Waals surface area contributed by atoms with Crippen LogP contribution in [0.15, 0.2) is 63.6 Å². The number of hydrogen-bond acceptors (Lipinski definition) is 7. The summed E-state index contributed by atoms with van der Waals surface area (Å²) in [4.78, 5) is 23.1. The molecule has 1 aliphatic heterocycles. The number of thioether (sulfide) groups is 1. The fraction of sp³-hybridized carbons (Fsp3) is 0.100. The molecule has 0 saturated carbocycles. The summed E-state index contributed by atoms with van der Waals surface area (Å²) in [6, 6.07) is 9.89. The zero-order valence-electron chi connectivity index (χ0n) is 15.6. The molecule has 0 unspecified atom stereocenters. The van der Waals surface area contributed by atoms with Crippen molar-refractivity contribution in [2.45, 2.75) is 6.61 Å². The van der Waals surface area contributed by atoms with Gasteiger partial charge in [-0.1, -0.05) is 18.2 Å². The lowest BCUT2D eigenvalue weighted by atomic mass is 10.2. The third-order valence-electron chi connectivity index (χ3n) is 3.76. The molecule has 1 fully saturated rings. The maximum absolute atomic E-state index is 13.7. The second-order valence-corrected chi connectivity index (χ2v) is 6.83. The average molecular weight is 431 g/mol. The summed E-state index contributed by atoms with van der Waals surface area (Å²) in [5.74, 6) is -1.98. The summed E-state index contributed by atoms with van der Waals surface area (Å²) in [7, 11) is 1.20. The van der Waals surface area contributed by atoms with Crippen molar-refractivity contribution >= 4 is 35.0 Å². The van der Waals surface area contributed by atoms with Gasteiger partial charge >= 0.3 is 5.97 Å². The Bertz CT molecular complexity index is 1070. The lowest BCUT2D eigenvalue weighted by Gasteiger charge is -2.09. The standard InChI is InChI=1S/C20H15F2N3O4S/c1-28-18(26)9-17-19(27)24-20(30-17)25-23-10-12-6-7-14(21)8-16(12)29-11-13-4-2-3-5-15(13)22/h2-10H,11H2,1H3,(H,24,25,27)/b17-9+,23-10?. The summed E-state index contributed by atoms with van der Waals surface area (Å²) in [5.41, 5.74) is 0.719. The van der Waals surface area contributed by atoms with Gasteiger partial charge in [0.25, 0.3) is 5.91 Å². The van der Waals surface area contributed by atoms with E-state index in [1.165, 1.54) is 31.5 Å². The van der Waals surface area contributed by atoms with Crippen LogP contribution in [0, 0.1) is 11.6 Å². The van der Waals surface area contributed by atoms with Gasteiger partial charge in [0.15, 0.2) is 5.17 Å². The Kier molecular flexibility index (Phi) is 6.91. The number of hydrogen-bond donors (Lipinski definition) is 1. The molecule has 2 aromatic rings. The van der Waals surface area contributed by atoms with Crippen LogP contribution < -0.4 is 10.1 Å². The summed E-state index contributed by atoms with van der Waals surface area (Å²) < 4.78 is 37.4. The zero-order valence-corrected chi connectivity index (χ0v) is 16.4. The van der Waals surface area contributed by atoms with Crippen LogP contribution in [0.25, 0.3) is 0 Å². The number of ether oxygens (including phenoxy) is 2. The molecule has 0 radical (unpaired) electrons. The normalized spacial score (nSPS) is 16.3. The maximum Gasteiger partial charge on any atom is 0.331 e. The van der Waals surface area contributed by atoms with E-state index >= 15 is 0 Å². The van der Waals surface area contributed by atoms with Gasteiger partial charge in [-0.25, -0.2) is 13.6 Å². The van der Waals surface area contributed by atoms with Gasteiger partial charge in [-0.3, -0.25) is 10.1 Å². The number of benzene rings is 2. The highest BCUT2D eigenvalue weighted by Gasteiger charge is 2.25. The molecule has 0 aliphatic carbocycles. The van der Waals surface area contributed by atoms with Crippen molar-refractivity contribution in [2.75, 3.05) is 7.11 Å². The molecule has 1 N–H and O–H groups in total. The molecule has 10 heteroatoms. The van der Waals surface area contributed by atoms with E-state index in [0.29, 0.717) is 11.1 Å². The molecular formula is C20H15F2N3O4S. The van der Waals surface area contributed by atoms with Crippen molar-refractivity contribution in [3.05, 3.63) is 76.2 Å². The average Bonchev–Trinajstić information content (AvgIpc) is 3.07. The van der Waals surface area contributed by atoms with E-state index in [1.54, 1.807) is 18.2 Å². The number of carbonyl (C=O) groups is 2. The van der Waals surface area contributed by atoms with Gasteiger partial charge in [-0.05, 0) is 30.0 Å². The third kappa shape index (κ3) is 5.51. The Morgan fingerprint density at radius 2 is 2.03 bits per heavy atom. The summed E-state index contributed by atoms with van der Waals surface area (Å²) >= 11 is 0.916. The SMILES string of the molecule is COC(=O)/C=C1/S/C(=N\N=Cc2ccc(F)cc2OCc2ccccc2F)NC1=O. The maximum atomic E-state index is 13.7. The molecule has 1 heterocycles. The number of rotatable bonds is 6. The molecule has 0 atom stereocenters. The van der Waals surface area contributed by atoms with Crippen LogP contribution in [-0.4, -0.2) is 30.4 Å². The molecule has 1 amide bonds. The Labute approximate surface area is 174 Å². The Morgan fingerprint density at radius 3 is 2.80 bits per heavy atom. The summed E-state index contributed by atoms with van der Waals surface area (Å²) in [6.07, 6.45) is 2.35. The van der Waals surface area contributed by atoms with Crippen LogP contribution in [0.1, 0.15) is 11.1 Å². The molecule has 1 saturated heterocycles. The van der Waals surface area contributed by atoms with Crippen LogP contribution in [0.3, 0.4) is 0 Å². The molecule has 1 aliphatic rings. The van der Waals surface area contributed by atoms with Crippen LogP contribution in [0.4, 0.5) is 8.78 Å². The highest BCUT2D eigenvalue weighted by atomic mass is 32.2. The van der Waals surface area contributed by atoms with Crippen molar-refractivity contribution < 1.29 is 27.8 Å². The monoisotopic (exact) mass is 431 g/mol. The van der Waals surface area contributed by atoms with E-state index in [1.807, 2.05) is 0 Å². The van der Waals surface area contributed by atoms with E-state index in [4.69, 9.17) is 4.74 Å². The van der Waals surface area contributed by atoms with Gasteiger partial charge in [0.2, 0.25) is 0 Å². The predicted molar refractivity (Wildman–Crippen MR) is 108 cm³/mol. The first kappa shape index (κ1) is 21.2. The number of carbonyl (C=O) groups excluding carboxylic acids is 2. The van der Waals surface area contributed by atoms with Crippen LogP contribution in [-0.2, 0) is 20.9 Å². The van der Waals surface area contributed by atoms with Crippen molar-refractivity contribution in [1.82, 2.24) is 5.32 Å². The van der Waals surface area contributed by atoms with Crippen molar-refractivity contribution in [1.29, 1.82) is 0 Å². The number of halogens is 2. The van der Waals surface area contributed by atoms with Crippen LogP contribution in [0.5, 0.6) is 5.75 Å². The first-order valence-electron chi connectivity index (χ1n) is 8.52. The van der Waals surface area contributed by atoms with E-state index in [9.17, 15) is 18.4 Å². The predicted octanol–water partition coefficient (Wildman–Crippen LogP) is 3.15. The molecule has 7 nitrogen and oxygen atoms in total. The fourth-order valence-electron chi connectivity index (χ4n) is 2.30. The van der Waals surface area contributed by atoms with Gasteiger partial charge in [-0.15, -0.1) is 5.10 Å². The summed E-state index contributed by atoms with van der Waals surface area (Å²) in [6.45, 7) is -0.0981. The topological polar surface area (TPSA) is 89.3 Å². The van der Waals surface area contributed by atoms with Gasteiger partial charge in [0.1, 0.15) is 24.0 Å². The second kappa shape index (κ2) is 9.79. The quantitative estimate of drug-likeness (QED) is 0.329. The minimum Gasteiger partial charge on any atom is -0.488 e. The summed E-state index contributed by atoms with van der Waals surface area (Å²) in [5, 5.41) is 10.3. The molecule has 0 spiro atoms. The van der Waals surface area contributed by atoms with E-state index in [0.717, 1.165) is 23.9 Å². The Morgan fingerprint density at radius 1 is 1.23 bits per heavy atom. The van der Waals surface area contributed by atoms with E-state index in [-0.39, 0.29) is 22.4 Å². The molecule has 3 rings (SSSR count). The zero-order chi connectivity index (χ0) is 21.5. The number of methoxy groups -OCH3 is 1. The van der Waals surface area contributed by atoms with Gasteiger partial charge in [0.05, 0.1) is 18.2 Å². The first-order valence-corrected chi connectivity index (χ1v) is 9.33. The number of amides is 1. The number of amidine groups is 1. The highest BCUT2D eigenvalue weighted by Crippen LogP contribution is 2.24. The molecule has 2 aromatic carbocycles. The van der Waals surface area contributed by atoms with Crippen molar-refractivity contribution in [2.24, 2.45) is 10.2 Å². The van der Waals surface area contributed by atoms with Crippen molar-refractivity contribution in [3.8, 4) is 5.75 Å². The lowest BCUT2D eigenvalue weighted by Crippen LogP contribution is -2.19. The van der Waals surface area contributed by atoms with E-state index < -0.39 is 23.5 Å². The van der Waals surface area contributed by atoms with E-state index in [2.05, 4.69) is 20.3 Å². The minimum atomic E-state index is -0.666. The molecule has 0 aromatic heterocycles. The number of esters is 1. The molecule has 30 heavy (non-hydrogen) atoms. The third-order valence-corrected chi connectivity index (χ3v) is 4.66. The fourth-order valence-corrected chi connectivity index (χ4v) is 3.03. The molecular weight excluding hydrogens is 416 g/mol. The second-order valence-electron chi connectivity index (χ2n) is 5.80. The molecule has 0 bridgehead atoms. The number of nitrogens with one attached hydrogen (secondary N) is 1.